The largest absolute Gasteiger partial charge is 0.459 e. The normalized spacial score (nSPS) is 30.1. The zero-order chi connectivity index (χ0) is 35.1. The first-order chi connectivity index (χ1) is 20.8. The van der Waals surface area contributed by atoms with Crippen molar-refractivity contribution in [2.45, 2.75) is 174 Å². The number of carbonyl (C=O) groups is 1. The molecule has 46 heavy (non-hydrogen) atoms. The first kappa shape index (κ1) is 39.6. The summed E-state index contributed by atoms with van der Waals surface area (Å²) in [5, 5.41) is 0.0732. The van der Waals surface area contributed by atoms with Crippen LogP contribution in [0.2, 0.25) is 36.3 Å². The van der Waals surface area contributed by atoms with Gasteiger partial charge in [0.25, 0.3) is 0 Å². The molecule has 0 bridgehead atoms. The van der Waals surface area contributed by atoms with E-state index in [4.69, 9.17) is 20.2 Å². The van der Waals surface area contributed by atoms with Crippen molar-refractivity contribution in [2.24, 2.45) is 11.3 Å². The number of esters is 1. The quantitative estimate of drug-likeness (QED) is 0.104. The SMILES string of the molecule is C=C1C(=CC=C2CCC[C@]3(C)C(CC)=CC[C@@H]23)C[C@](O[Si](C)(C)C(C)(C)C)(SCC(=O)OC(C)(C)C)CC1O[Si](C)(C)C(C)(C)C. The van der Waals surface area contributed by atoms with E-state index in [2.05, 4.69) is 99.8 Å². The molecular weight excluding hydrogens is 621 g/mol. The lowest BCUT2D eigenvalue weighted by molar-refractivity contribution is -0.151. The molecule has 0 spiro atoms. The highest BCUT2D eigenvalue weighted by molar-refractivity contribution is 8.01. The Bertz CT molecular complexity index is 1240. The Morgan fingerprint density at radius 3 is 2.17 bits per heavy atom. The van der Waals surface area contributed by atoms with Crippen molar-refractivity contribution in [1.29, 1.82) is 0 Å². The Morgan fingerprint density at radius 1 is 1.02 bits per heavy atom. The summed E-state index contributed by atoms with van der Waals surface area (Å²) in [6.07, 6.45) is 14.5. The van der Waals surface area contributed by atoms with Crippen LogP contribution in [0.5, 0.6) is 0 Å². The molecule has 4 atom stereocenters. The van der Waals surface area contributed by atoms with Gasteiger partial charge in [-0.2, -0.15) is 0 Å². The predicted octanol–water partition coefficient (Wildman–Crippen LogP) is 11.9. The van der Waals surface area contributed by atoms with E-state index in [9.17, 15) is 4.79 Å². The molecule has 0 saturated heterocycles. The van der Waals surface area contributed by atoms with Crippen molar-refractivity contribution in [1.82, 2.24) is 0 Å². The van der Waals surface area contributed by atoms with Gasteiger partial charge in [-0.15, -0.1) is 11.8 Å². The first-order valence-corrected chi connectivity index (χ1v) is 24.6. The second kappa shape index (κ2) is 13.8. The molecule has 0 aromatic carbocycles. The third-order valence-corrected chi connectivity index (χ3v) is 22.2. The first-order valence-electron chi connectivity index (χ1n) is 17.8. The lowest BCUT2D eigenvalue weighted by Crippen LogP contribution is -2.54. The van der Waals surface area contributed by atoms with Gasteiger partial charge in [-0.05, 0) is 112 Å². The zero-order valence-corrected chi connectivity index (χ0v) is 35.1. The van der Waals surface area contributed by atoms with Crippen LogP contribution in [0.3, 0.4) is 0 Å². The number of thioether (sulfide) groups is 1. The Labute approximate surface area is 289 Å². The van der Waals surface area contributed by atoms with Gasteiger partial charge in [0, 0.05) is 12.8 Å². The predicted molar refractivity (Wildman–Crippen MR) is 204 cm³/mol. The molecule has 0 aliphatic heterocycles. The van der Waals surface area contributed by atoms with Crippen LogP contribution in [-0.4, -0.2) is 45.0 Å². The lowest BCUT2D eigenvalue weighted by atomic mass is 9.64. The summed E-state index contributed by atoms with van der Waals surface area (Å²) in [4.78, 5) is 12.5. The number of fused-ring (bicyclic) bond motifs is 1. The zero-order valence-electron chi connectivity index (χ0n) is 32.3. The molecular formula is C39H68O4SSi2. The minimum absolute atomic E-state index is 0.0155. The van der Waals surface area contributed by atoms with E-state index in [-0.39, 0.29) is 33.3 Å². The number of hydrogen-bond acceptors (Lipinski definition) is 5. The maximum absolute atomic E-state index is 13.2. The molecule has 7 heteroatoms. The monoisotopic (exact) mass is 688 g/mol. The van der Waals surface area contributed by atoms with Crippen molar-refractivity contribution < 1.29 is 18.4 Å². The topological polar surface area (TPSA) is 44.8 Å². The van der Waals surface area contributed by atoms with Gasteiger partial charge in [-0.25, -0.2) is 0 Å². The smallest absolute Gasteiger partial charge is 0.316 e. The van der Waals surface area contributed by atoms with E-state index >= 15 is 0 Å². The molecule has 3 aliphatic rings. The summed E-state index contributed by atoms with van der Waals surface area (Å²) >= 11 is 1.62. The maximum Gasteiger partial charge on any atom is 0.316 e. The van der Waals surface area contributed by atoms with Crippen LogP contribution in [0.15, 0.2) is 47.1 Å². The van der Waals surface area contributed by atoms with Crippen LogP contribution < -0.4 is 0 Å². The minimum atomic E-state index is -2.25. The van der Waals surface area contributed by atoms with Crippen LogP contribution in [0, 0.1) is 11.3 Å². The van der Waals surface area contributed by atoms with Gasteiger partial charge in [0.2, 0.25) is 0 Å². The number of carbonyl (C=O) groups excluding carboxylic acids is 1. The van der Waals surface area contributed by atoms with E-state index in [1.165, 1.54) is 18.4 Å². The second-order valence-electron chi connectivity index (χ2n) is 18.5. The molecule has 0 heterocycles. The fourth-order valence-electron chi connectivity index (χ4n) is 6.96. The van der Waals surface area contributed by atoms with Gasteiger partial charge in [0.15, 0.2) is 16.6 Å². The highest BCUT2D eigenvalue weighted by Crippen LogP contribution is 2.56. The van der Waals surface area contributed by atoms with E-state index < -0.39 is 27.2 Å². The van der Waals surface area contributed by atoms with Gasteiger partial charge in [0.1, 0.15) is 10.5 Å². The van der Waals surface area contributed by atoms with E-state index in [0.29, 0.717) is 18.8 Å². The van der Waals surface area contributed by atoms with E-state index in [1.807, 2.05) is 20.8 Å². The van der Waals surface area contributed by atoms with Gasteiger partial charge in [-0.1, -0.05) is 91.3 Å². The second-order valence-corrected chi connectivity index (χ2v) is 29.3. The van der Waals surface area contributed by atoms with Crippen molar-refractivity contribution in [3.8, 4) is 0 Å². The van der Waals surface area contributed by atoms with Crippen LogP contribution in [0.25, 0.3) is 0 Å². The van der Waals surface area contributed by atoms with Crippen LogP contribution in [-0.2, 0) is 18.4 Å². The number of ether oxygens (including phenoxy) is 1. The average molecular weight is 689 g/mol. The van der Waals surface area contributed by atoms with Crippen molar-refractivity contribution in [2.75, 3.05) is 5.75 Å². The van der Waals surface area contributed by atoms with Crippen molar-refractivity contribution in [3.63, 3.8) is 0 Å². The van der Waals surface area contributed by atoms with E-state index in [0.717, 1.165) is 24.8 Å². The fourth-order valence-corrected chi connectivity index (χ4v) is 11.5. The Morgan fingerprint density at radius 2 is 1.63 bits per heavy atom. The molecule has 3 rings (SSSR count). The molecule has 1 unspecified atom stereocenters. The van der Waals surface area contributed by atoms with Crippen LogP contribution in [0.1, 0.15) is 121 Å². The number of allylic oxidation sites excluding steroid dienone is 5. The lowest BCUT2D eigenvalue weighted by Gasteiger charge is -2.51. The molecule has 0 N–H and O–H groups in total. The molecule has 0 radical (unpaired) electrons. The summed E-state index contributed by atoms with van der Waals surface area (Å²) < 4.78 is 20.4. The molecule has 2 saturated carbocycles. The minimum Gasteiger partial charge on any atom is -0.459 e. The molecule has 0 amide bonds. The Hall–Kier alpha value is -0.866. The maximum atomic E-state index is 13.2. The summed E-state index contributed by atoms with van der Waals surface area (Å²) in [6.45, 7) is 38.4. The average Bonchev–Trinajstić information content (AvgIpc) is 3.22. The van der Waals surface area contributed by atoms with Crippen LogP contribution in [0.4, 0.5) is 0 Å². The van der Waals surface area contributed by atoms with Crippen molar-refractivity contribution >= 4 is 34.4 Å². The van der Waals surface area contributed by atoms with E-state index in [1.54, 1.807) is 22.9 Å². The summed E-state index contributed by atoms with van der Waals surface area (Å²) in [7, 11) is -4.40. The summed E-state index contributed by atoms with van der Waals surface area (Å²) in [5.74, 6) is 0.626. The fraction of sp³-hybridized carbons (Fsp3) is 0.769. The molecule has 262 valence electrons. The standard InChI is InChI=1S/C39H68O4SSi2/c1-17-31-22-23-32-29(19-18-24-38(31,32)12)20-21-30-25-39(43-46(15,16)37(9,10)11,44-27-34(40)41-35(3,4)5)26-33(28(30)2)42-45(13,14)36(6,7)8/h20-22,32-33H,2,17-19,23-27H2,1,3-16H3/t32-,33?,38+,39-/m0/s1. The van der Waals surface area contributed by atoms with Crippen molar-refractivity contribution in [3.05, 3.63) is 47.1 Å². The van der Waals surface area contributed by atoms with Crippen LogP contribution >= 0.6 is 11.8 Å². The highest BCUT2D eigenvalue weighted by atomic mass is 32.2. The van der Waals surface area contributed by atoms with Gasteiger partial charge in [-0.3, -0.25) is 4.79 Å². The summed E-state index contributed by atoms with van der Waals surface area (Å²) in [6, 6.07) is 0. The third kappa shape index (κ3) is 9.02. The highest BCUT2D eigenvalue weighted by Gasteiger charge is 2.51. The summed E-state index contributed by atoms with van der Waals surface area (Å²) in [5.41, 5.74) is 5.24. The molecule has 0 aromatic rings. The molecule has 4 nitrogen and oxygen atoms in total. The Kier molecular flexibility index (Phi) is 11.9. The van der Waals surface area contributed by atoms with Gasteiger partial charge >= 0.3 is 5.97 Å². The molecule has 3 aliphatic carbocycles. The molecule has 0 aromatic heterocycles. The molecule has 2 fully saturated rings. The number of hydrogen-bond donors (Lipinski definition) is 0. The Balaban J connectivity index is 2.11. The third-order valence-electron chi connectivity index (χ3n) is 11.7. The van der Waals surface area contributed by atoms with Gasteiger partial charge < -0.3 is 13.6 Å². The number of rotatable bonds is 9. The van der Waals surface area contributed by atoms with Gasteiger partial charge in [0.05, 0.1) is 11.9 Å².